The van der Waals surface area contributed by atoms with Gasteiger partial charge in [-0.25, -0.2) is 0 Å². The maximum atomic E-state index is 9.23. The van der Waals surface area contributed by atoms with Crippen LogP contribution in [0, 0.1) is 18.3 Å². The van der Waals surface area contributed by atoms with Crippen molar-refractivity contribution in [3.63, 3.8) is 0 Å². The normalized spacial score (nSPS) is 10.7. The highest BCUT2D eigenvalue weighted by molar-refractivity contribution is 5.85. The maximum Gasteiger partial charge on any atom is 0.101 e. The smallest absolute Gasteiger partial charge is 0.101 e. The molecule has 0 unspecified atom stereocenters. The average Bonchev–Trinajstić information content (AvgIpc) is 2.48. The van der Waals surface area contributed by atoms with Crippen LogP contribution in [0.1, 0.15) is 43.9 Å². The van der Waals surface area contributed by atoms with Crippen LogP contribution in [-0.4, -0.2) is 4.98 Å². The van der Waals surface area contributed by atoms with E-state index in [1.807, 2.05) is 39.0 Å². The zero-order valence-corrected chi connectivity index (χ0v) is 13.3. The molecule has 0 fully saturated rings. The third kappa shape index (κ3) is 4.32. The molecule has 2 rings (SSSR count). The number of hydrogen-bond acceptors (Lipinski definition) is 3. The fraction of sp³-hybridized carbons (Fsp3) is 0.333. The second-order valence-electron chi connectivity index (χ2n) is 4.70. The molecule has 1 aromatic carbocycles. The number of rotatable bonds is 3. The van der Waals surface area contributed by atoms with Gasteiger partial charge < -0.3 is 5.73 Å². The van der Waals surface area contributed by atoms with E-state index in [0.717, 1.165) is 34.1 Å². The van der Waals surface area contributed by atoms with Gasteiger partial charge >= 0.3 is 0 Å². The number of hydrogen-bond donors (Lipinski definition) is 1. The fourth-order valence-electron chi connectivity index (χ4n) is 2.18. The molecule has 0 aliphatic rings. The number of pyridine rings is 1. The average molecular weight is 281 g/mol. The molecule has 0 aliphatic heterocycles. The summed E-state index contributed by atoms with van der Waals surface area (Å²) in [4.78, 5) is 4.34. The highest BCUT2D eigenvalue weighted by atomic mass is 14.7. The van der Waals surface area contributed by atoms with Crippen molar-refractivity contribution < 1.29 is 0 Å². The molecule has 1 aromatic heterocycles. The number of allylic oxidation sites excluding steroid dienone is 2. The number of nitrogens with two attached hydrogens (primary N) is 1. The predicted molar refractivity (Wildman–Crippen MR) is 88.8 cm³/mol. The van der Waals surface area contributed by atoms with Crippen LogP contribution in [0.15, 0.2) is 36.2 Å². The lowest BCUT2D eigenvalue weighted by atomic mass is 10.0. The molecule has 0 spiro atoms. The van der Waals surface area contributed by atoms with E-state index >= 15 is 0 Å². The Morgan fingerprint density at radius 2 is 2.05 bits per heavy atom. The summed E-state index contributed by atoms with van der Waals surface area (Å²) in [5.41, 5.74) is 10.3. The fourth-order valence-corrected chi connectivity index (χ4v) is 2.18. The standard InChI is InChI=1S/C16H17N3.C2H6/c1-3-4-15(18)8-12-6-13-5-11(2)10-19-16(13)14(7-12)9-17;1-2/h4-7,10H,3,8,18H2,1-2H3;1-2H3/b15-4-;. The van der Waals surface area contributed by atoms with Crippen molar-refractivity contribution in [3.05, 3.63) is 52.9 Å². The summed E-state index contributed by atoms with van der Waals surface area (Å²) in [6.07, 6.45) is 5.39. The van der Waals surface area contributed by atoms with Gasteiger partial charge in [0.05, 0.1) is 11.1 Å². The van der Waals surface area contributed by atoms with E-state index in [0.29, 0.717) is 12.0 Å². The first-order valence-corrected chi connectivity index (χ1v) is 7.38. The first kappa shape index (κ1) is 16.7. The summed E-state index contributed by atoms with van der Waals surface area (Å²) in [5.74, 6) is 0. The minimum absolute atomic E-state index is 0.608. The van der Waals surface area contributed by atoms with Crippen molar-refractivity contribution in [2.75, 3.05) is 0 Å². The molecule has 0 amide bonds. The van der Waals surface area contributed by atoms with Crippen LogP contribution < -0.4 is 5.73 Å². The second kappa shape index (κ2) is 8.06. The number of aromatic nitrogens is 1. The molecular formula is C18H23N3. The van der Waals surface area contributed by atoms with Crippen LogP contribution in [0.25, 0.3) is 10.9 Å². The molecule has 2 aromatic rings. The monoisotopic (exact) mass is 281 g/mol. The first-order valence-electron chi connectivity index (χ1n) is 7.38. The van der Waals surface area contributed by atoms with Gasteiger partial charge in [-0.2, -0.15) is 5.26 Å². The third-order valence-corrected chi connectivity index (χ3v) is 2.97. The third-order valence-electron chi connectivity index (χ3n) is 2.97. The molecule has 0 atom stereocenters. The predicted octanol–water partition coefficient (Wildman–Crippen LogP) is 4.24. The van der Waals surface area contributed by atoms with Crippen LogP contribution in [0.2, 0.25) is 0 Å². The number of benzene rings is 1. The molecule has 0 aliphatic carbocycles. The van der Waals surface area contributed by atoms with E-state index < -0.39 is 0 Å². The lowest BCUT2D eigenvalue weighted by Crippen LogP contribution is -2.02. The van der Waals surface area contributed by atoms with E-state index in [4.69, 9.17) is 5.73 Å². The Kier molecular flexibility index (Phi) is 6.42. The molecule has 2 N–H and O–H groups in total. The Labute approximate surface area is 127 Å². The van der Waals surface area contributed by atoms with E-state index in [1.165, 1.54) is 0 Å². The number of nitrogens with zero attached hydrogens (tertiary/aromatic N) is 2. The molecule has 0 saturated heterocycles. The Morgan fingerprint density at radius 3 is 2.67 bits per heavy atom. The molecule has 21 heavy (non-hydrogen) atoms. The lowest BCUT2D eigenvalue weighted by Gasteiger charge is -2.06. The highest BCUT2D eigenvalue weighted by Crippen LogP contribution is 2.21. The van der Waals surface area contributed by atoms with Crippen molar-refractivity contribution in [2.24, 2.45) is 5.73 Å². The first-order chi connectivity index (χ1) is 10.1. The van der Waals surface area contributed by atoms with Crippen molar-refractivity contribution >= 4 is 10.9 Å². The van der Waals surface area contributed by atoms with Crippen LogP contribution in [0.5, 0.6) is 0 Å². The van der Waals surface area contributed by atoms with Crippen molar-refractivity contribution in [3.8, 4) is 6.07 Å². The SMILES string of the molecule is CC.CC/C=C(\N)Cc1cc(C#N)c2ncc(C)cc2c1. The number of fused-ring (bicyclic) bond motifs is 1. The highest BCUT2D eigenvalue weighted by Gasteiger charge is 2.06. The molecular weight excluding hydrogens is 258 g/mol. The zero-order chi connectivity index (χ0) is 15.8. The Hall–Kier alpha value is -2.34. The molecule has 0 saturated carbocycles. The van der Waals surface area contributed by atoms with Gasteiger partial charge in [0, 0.05) is 23.7 Å². The Bertz CT molecular complexity index is 679. The van der Waals surface area contributed by atoms with E-state index in [-0.39, 0.29) is 0 Å². The zero-order valence-electron chi connectivity index (χ0n) is 13.3. The van der Waals surface area contributed by atoms with E-state index in [1.54, 1.807) is 6.20 Å². The molecule has 1 heterocycles. The van der Waals surface area contributed by atoms with Gasteiger partial charge in [-0.05, 0) is 42.7 Å². The van der Waals surface area contributed by atoms with Crippen molar-refractivity contribution in [1.29, 1.82) is 5.26 Å². The van der Waals surface area contributed by atoms with Crippen LogP contribution in [0.3, 0.4) is 0 Å². The number of nitriles is 1. The number of aryl methyl sites for hydroxylation is 1. The molecule has 3 nitrogen and oxygen atoms in total. The summed E-state index contributed by atoms with van der Waals surface area (Å²) in [6, 6.07) is 8.20. The largest absolute Gasteiger partial charge is 0.402 e. The van der Waals surface area contributed by atoms with Gasteiger partial charge in [0.25, 0.3) is 0 Å². The van der Waals surface area contributed by atoms with Gasteiger partial charge in [-0.1, -0.05) is 26.8 Å². The summed E-state index contributed by atoms with van der Waals surface area (Å²) >= 11 is 0. The van der Waals surface area contributed by atoms with Gasteiger partial charge in [-0.15, -0.1) is 0 Å². The summed E-state index contributed by atoms with van der Waals surface area (Å²) in [5, 5.41) is 10.2. The van der Waals surface area contributed by atoms with Crippen LogP contribution in [-0.2, 0) is 6.42 Å². The van der Waals surface area contributed by atoms with E-state index in [2.05, 4.69) is 24.0 Å². The molecule has 0 radical (unpaired) electrons. The van der Waals surface area contributed by atoms with Gasteiger partial charge in [0.15, 0.2) is 0 Å². The Balaban J connectivity index is 0.00000106. The van der Waals surface area contributed by atoms with Crippen molar-refractivity contribution in [2.45, 2.75) is 40.5 Å². The Morgan fingerprint density at radius 1 is 1.33 bits per heavy atom. The van der Waals surface area contributed by atoms with Crippen LogP contribution >= 0.6 is 0 Å². The van der Waals surface area contributed by atoms with Gasteiger partial charge in [0.2, 0.25) is 0 Å². The molecule has 110 valence electrons. The second-order valence-corrected chi connectivity index (χ2v) is 4.70. The van der Waals surface area contributed by atoms with Crippen molar-refractivity contribution in [1.82, 2.24) is 4.98 Å². The summed E-state index contributed by atoms with van der Waals surface area (Å²) in [7, 11) is 0. The van der Waals surface area contributed by atoms with Crippen LogP contribution in [0.4, 0.5) is 0 Å². The maximum absolute atomic E-state index is 9.23. The van der Waals surface area contributed by atoms with Gasteiger partial charge in [0.1, 0.15) is 6.07 Å². The minimum atomic E-state index is 0.608. The molecule has 3 heteroatoms. The summed E-state index contributed by atoms with van der Waals surface area (Å²) < 4.78 is 0. The topological polar surface area (TPSA) is 62.7 Å². The van der Waals surface area contributed by atoms with E-state index in [9.17, 15) is 5.26 Å². The quantitative estimate of drug-likeness (QED) is 0.915. The summed E-state index contributed by atoms with van der Waals surface area (Å²) in [6.45, 7) is 8.05. The minimum Gasteiger partial charge on any atom is -0.402 e. The molecule has 0 bridgehead atoms. The lowest BCUT2D eigenvalue weighted by molar-refractivity contribution is 1.06. The van der Waals surface area contributed by atoms with Gasteiger partial charge in [-0.3, -0.25) is 4.98 Å².